The highest BCUT2D eigenvalue weighted by Gasteiger charge is 2.28. The lowest BCUT2D eigenvalue weighted by molar-refractivity contribution is 0.0169. The zero-order valence-corrected chi connectivity index (χ0v) is 9.10. The Morgan fingerprint density at radius 3 is 3.06 bits per heavy atom. The highest BCUT2D eigenvalue weighted by atomic mass is 16.5. The number of furan rings is 1. The normalized spacial score (nSPS) is 24.1. The lowest BCUT2D eigenvalue weighted by atomic mass is 9.89. The van der Waals surface area contributed by atoms with E-state index >= 15 is 0 Å². The summed E-state index contributed by atoms with van der Waals surface area (Å²) < 4.78 is 10.1. The first-order valence-corrected chi connectivity index (χ1v) is 5.26. The van der Waals surface area contributed by atoms with Gasteiger partial charge in [-0.15, -0.1) is 0 Å². The van der Waals surface area contributed by atoms with Gasteiger partial charge >= 0.3 is 5.97 Å². The topological polar surface area (TPSA) is 71.7 Å². The number of carboxylic acid groups (broad SMARTS) is 1. The third-order valence-electron chi connectivity index (χ3n) is 2.95. The number of aromatic carboxylic acids is 1. The van der Waals surface area contributed by atoms with Crippen molar-refractivity contribution in [1.82, 2.24) is 5.32 Å². The monoisotopic (exact) mass is 225 g/mol. The first kappa shape index (κ1) is 11.2. The van der Waals surface area contributed by atoms with E-state index in [1.54, 1.807) is 13.2 Å². The summed E-state index contributed by atoms with van der Waals surface area (Å²) in [4.78, 5) is 10.8. The van der Waals surface area contributed by atoms with Crippen LogP contribution in [-0.4, -0.2) is 30.3 Å². The molecular formula is C11H15NO4. The summed E-state index contributed by atoms with van der Waals surface area (Å²) >= 11 is 0. The van der Waals surface area contributed by atoms with Gasteiger partial charge in [0.1, 0.15) is 0 Å². The highest BCUT2D eigenvalue weighted by Crippen LogP contribution is 2.23. The first-order valence-electron chi connectivity index (χ1n) is 5.26. The van der Waals surface area contributed by atoms with Gasteiger partial charge in [-0.25, -0.2) is 4.79 Å². The Bertz CT molecular complexity index is 368. The van der Waals surface area contributed by atoms with Crippen molar-refractivity contribution in [2.75, 3.05) is 7.11 Å². The molecule has 16 heavy (non-hydrogen) atoms. The van der Waals surface area contributed by atoms with E-state index in [4.69, 9.17) is 14.3 Å². The molecule has 5 heteroatoms. The van der Waals surface area contributed by atoms with Crippen molar-refractivity contribution in [2.45, 2.75) is 31.5 Å². The maximum Gasteiger partial charge on any atom is 0.372 e. The van der Waals surface area contributed by atoms with E-state index in [9.17, 15) is 4.79 Å². The van der Waals surface area contributed by atoms with Crippen molar-refractivity contribution in [2.24, 2.45) is 0 Å². The second-order valence-electron chi connectivity index (χ2n) is 3.99. The summed E-state index contributed by atoms with van der Waals surface area (Å²) in [6.07, 6.45) is 3.72. The molecule has 1 saturated carbocycles. The standard InChI is InChI=1S/C11H15NO4/c1-15-9-4-8(5-9)12-6-7-2-3-16-10(7)11(13)14/h2-3,8-9,12H,4-6H2,1H3,(H,13,14). The van der Waals surface area contributed by atoms with Gasteiger partial charge < -0.3 is 19.6 Å². The Kier molecular flexibility index (Phi) is 3.26. The zero-order chi connectivity index (χ0) is 11.5. The maximum absolute atomic E-state index is 10.8. The minimum atomic E-state index is -1.02. The van der Waals surface area contributed by atoms with E-state index in [1.165, 1.54) is 6.26 Å². The van der Waals surface area contributed by atoms with Crippen molar-refractivity contribution < 1.29 is 19.1 Å². The Balaban J connectivity index is 1.82. The van der Waals surface area contributed by atoms with Crippen LogP contribution in [0.25, 0.3) is 0 Å². The van der Waals surface area contributed by atoms with Gasteiger partial charge in [0.15, 0.2) is 0 Å². The summed E-state index contributed by atoms with van der Waals surface area (Å²) in [7, 11) is 1.71. The van der Waals surface area contributed by atoms with Gasteiger partial charge in [-0.05, 0) is 18.9 Å². The average molecular weight is 225 g/mol. The van der Waals surface area contributed by atoms with Gasteiger partial charge in [0.05, 0.1) is 12.4 Å². The van der Waals surface area contributed by atoms with E-state index in [2.05, 4.69) is 5.32 Å². The van der Waals surface area contributed by atoms with Crippen molar-refractivity contribution in [3.05, 3.63) is 23.7 Å². The Morgan fingerprint density at radius 1 is 1.69 bits per heavy atom. The fourth-order valence-electron chi connectivity index (χ4n) is 1.84. The number of rotatable bonds is 5. The summed E-state index contributed by atoms with van der Waals surface area (Å²) in [5.74, 6) is -1.000. The molecule has 88 valence electrons. The zero-order valence-electron chi connectivity index (χ0n) is 9.10. The van der Waals surface area contributed by atoms with Gasteiger partial charge in [0.25, 0.3) is 0 Å². The van der Waals surface area contributed by atoms with Crippen molar-refractivity contribution in [1.29, 1.82) is 0 Å². The number of carbonyl (C=O) groups is 1. The molecule has 1 aliphatic carbocycles. The number of nitrogens with one attached hydrogen (secondary N) is 1. The average Bonchev–Trinajstić information content (AvgIpc) is 2.64. The van der Waals surface area contributed by atoms with Crippen LogP contribution in [0.4, 0.5) is 0 Å². The predicted molar refractivity (Wildman–Crippen MR) is 56.3 cm³/mol. The maximum atomic E-state index is 10.8. The minimum absolute atomic E-state index is 0.0233. The van der Waals surface area contributed by atoms with E-state index in [-0.39, 0.29) is 5.76 Å². The molecule has 0 radical (unpaired) electrons. The summed E-state index contributed by atoms with van der Waals surface area (Å²) in [6, 6.07) is 2.10. The Labute approximate surface area is 93.4 Å². The highest BCUT2D eigenvalue weighted by molar-refractivity contribution is 5.86. The van der Waals surface area contributed by atoms with E-state index in [0.717, 1.165) is 12.8 Å². The van der Waals surface area contributed by atoms with Crippen LogP contribution in [0.15, 0.2) is 16.7 Å². The van der Waals surface area contributed by atoms with Crippen molar-refractivity contribution >= 4 is 5.97 Å². The van der Waals surface area contributed by atoms with Gasteiger partial charge in [-0.1, -0.05) is 0 Å². The molecule has 1 aliphatic rings. The Hall–Kier alpha value is -1.33. The molecule has 0 spiro atoms. The molecule has 1 heterocycles. The lowest BCUT2D eigenvalue weighted by Gasteiger charge is -2.34. The van der Waals surface area contributed by atoms with Crippen LogP contribution in [0.5, 0.6) is 0 Å². The van der Waals surface area contributed by atoms with Gasteiger partial charge in [0, 0.05) is 25.3 Å². The van der Waals surface area contributed by atoms with Gasteiger partial charge in [0.2, 0.25) is 5.76 Å². The minimum Gasteiger partial charge on any atom is -0.475 e. The van der Waals surface area contributed by atoms with Crippen LogP contribution < -0.4 is 5.32 Å². The fourth-order valence-corrected chi connectivity index (χ4v) is 1.84. The van der Waals surface area contributed by atoms with Gasteiger partial charge in [-0.3, -0.25) is 0 Å². The molecule has 2 N–H and O–H groups in total. The molecule has 0 aromatic carbocycles. The Morgan fingerprint density at radius 2 is 2.44 bits per heavy atom. The quantitative estimate of drug-likeness (QED) is 0.789. The molecule has 2 rings (SSSR count). The second-order valence-corrected chi connectivity index (χ2v) is 3.99. The number of hydrogen-bond donors (Lipinski definition) is 2. The number of methoxy groups -OCH3 is 1. The summed E-state index contributed by atoms with van der Waals surface area (Å²) in [5.41, 5.74) is 0.688. The van der Waals surface area contributed by atoms with Crippen molar-refractivity contribution in [3.63, 3.8) is 0 Å². The van der Waals surface area contributed by atoms with Crippen LogP contribution in [0.2, 0.25) is 0 Å². The van der Waals surface area contributed by atoms with E-state index in [1.807, 2.05) is 0 Å². The van der Waals surface area contributed by atoms with E-state index in [0.29, 0.717) is 24.3 Å². The first-order chi connectivity index (χ1) is 7.70. The molecule has 0 atom stereocenters. The predicted octanol–water partition coefficient (Wildman–Crippen LogP) is 1.24. The fraction of sp³-hybridized carbons (Fsp3) is 0.545. The summed E-state index contributed by atoms with van der Waals surface area (Å²) in [5, 5.41) is 12.1. The van der Waals surface area contributed by atoms with Crippen molar-refractivity contribution in [3.8, 4) is 0 Å². The second kappa shape index (κ2) is 4.67. The smallest absolute Gasteiger partial charge is 0.372 e. The SMILES string of the molecule is COC1CC(NCc2ccoc2C(=O)O)C1. The molecule has 1 aromatic heterocycles. The van der Waals surface area contributed by atoms with Crippen LogP contribution in [0.1, 0.15) is 29.0 Å². The molecule has 0 bridgehead atoms. The molecule has 0 unspecified atom stereocenters. The molecule has 1 fully saturated rings. The summed E-state index contributed by atoms with van der Waals surface area (Å²) in [6.45, 7) is 0.527. The molecule has 0 aliphatic heterocycles. The van der Waals surface area contributed by atoms with Crippen LogP contribution in [0.3, 0.4) is 0 Å². The molecule has 5 nitrogen and oxygen atoms in total. The third-order valence-corrected chi connectivity index (χ3v) is 2.95. The third kappa shape index (κ3) is 2.25. The number of ether oxygens (including phenoxy) is 1. The number of carboxylic acids is 1. The lowest BCUT2D eigenvalue weighted by Crippen LogP contribution is -2.44. The molecular weight excluding hydrogens is 210 g/mol. The van der Waals surface area contributed by atoms with Crippen LogP contribution in [0, 0.1) is 0 Å². The van der Waals surface area contributed by atoms with E-state index < -0.39 is 5.97 Å². The molecule has 1 aromatic rings. The molecule has 0 amide bonds. The number of hydrogen-bond acceptors (Lipinski definition) is 4. The van der Waals surface area contributed by atoms with Gasteiger partial charge in [-0.2, -0.15) is 0 Å². The largest absolute Gasteiger partial charge is 0.475 e. The molecule has 0 saturated heterocycles. The van der Waals surface area contributed by atoms with Crippen LogP contribution >= 0.6 is 0 Å². The van der Waals surface area contributed by atoms with Crippen LogP contribution in [-0.2, 0) is 11.3 Å².